The molecule has 0 bridgehead atoms. The maximum atomic E-state index is 13.3. The molecule has 1 aromatic heterocycles. The van der Waals surface area contributed by atoms with Crippen LogP contribution in [0.25, 0.3) is 11.3 Å². The predicted molar refractivity (Wildman–Crippen MR) is 116 cm³/mol. The molecule has 0 saturated carbocycles. The molecule has 4 rings (SSSR count). The summed E-state index contributed by atoms with van der Waals surface area (Å²) in [4.78, 5) is 6.87. The molecule has 3 aromatic rings. The van der Waals surface area contributed by atoms with Crippen molar-refractivity contribution in [1.82, 2.24) is 4.98 Å². The van der Waals surface area contributed by atoms with E-state index >= 15 is 0 Å². The molecule has 0 unspecified atom stereocenters. The van der Waals surface area contributed by atoms with E-state index in [0.717, 1.165) is 28.5 Å². The summed E-state index contributed by atoms with van der Waals surface area (Å²) in [6.45, 7) is 3.25. The normalized spacial score (nSPS) is 15.6. The molecule has 1 aliphatic heterocycles. The minimum absolute atomic E-state index is 0.00919. The van der Waals surface area contributed by atoms with Gasteiger partial charge in [0.25, 0.3) is 0 Å². The van der Waals surface area contributed by atoms with Crippen molar-refractivity contribution in [3.05, 3.63) is 64.2 Å². The zero-order valence-electron chi connectivity index (χ0n) is 15.8. The molecule has 29 heavy (non-hydrogen) atoms. The van der Waals surface area contributed by atoms with Crippen LogP contribution in [0.3, 0.4) is 0 Å². The Balaban J connectivity index is 1.46. The molecular weight excluding hydrogens is 431 g/mol. The molecule has 0 aliphatic carbocycles. The number of aromatic nitrogens is 1. The lowest BCUT2D eigenvalue weighted by Crippen LogP contribution is -2.39. The van der Waals surface area contributed by atoms with Crippen molar-refractivity contribution in [2.45, 2.75) is 29.9 Å². The third-order valence-electron chi connectivity index (χ3n) is 5.19. The number of nitrogens with zero attached hydrogens (tertiary/aromatic N) is 2. The smallest absolute Gasteiger partial charge is 0.185 e. The van der Waals surface area contributed by atoms with E-state index < -0.39 is 20.9 Å². The highest BCUT2D eigenvalue weighted by Gasteiger charge is 2.33. The topological polar surface area (TPSA) is 50.3 Å². The molecule has 0 spiro atoms. The van der Waals surface area contributed by atoms with Crippen LogP contribution in [0, 0.1) is 12.7 Å². The maximum Gasteiger partial charge on any atom is 0.185 e. The Kier molecular flexibility index (Phi) is 5.64. The van der Waals surface area contributed by atoms with E-state index in [1.165, 1.54) is 11.6 Å². The summed E-state index contributed by atoms with van der Waals surface area (Å²) < 4.78 is 39.2. The van der Waals surface area contributed by atoms with E-state index in [-0.39, 0.29) is 9.92 Å². The van der Waals surface area contributed by atoms with Crippen LogP contribution in [-0.4, -0.2) is 31.7 Å². The third-order valence-corrected chi connectivity index (χ3v) is 8.84. The first-order valence-electron chi connectivity index (χ1n) is 9.31. The van der Waals surface area contributed by atoms with Gasteiger partial charge in [0.1, 0.15) is 5.82 Å². The second-order valence-corrected chi connectivity index (χ2v) is 10.6. The zero-order valence-corrected chi connectivity index (χ0v) is 18.2. The number of anilines is 1. The molecule has 2 heterocycles. The highest BCUT2D eigenvalue weighted by atomic mass is 35.5. The number of piperidine rings is 1. The van der Waals surface area contributed by atoms with Crippen LogP contribution in [0.1, 0.15) is 18.4 Å². The van der Waals surface area contributed by atoms with Gasteiger partial charge in [-0.3, -0.25) is 0 Å². The lowest BCUT2D eigenvalue weighted by molar-refractivity contribution is 0.529. The van der Waals surface area contributed by atoms with Crippen molar-refractivity contribution < 1.29 is 12.8 Å². The van der Waals surface area contributed by atoms with Crippen LogP contribution in [0.2, 0.25) is 5.02 Å². The average molecular weight is 451 g/mol. The monoisotopic (exact) mass is 450 g/mol. The summed E-state index contributed by atoms with van der Waals surface area (Å²) in [6, 6.07) is 11.7. The number of sulfone groups is 1. The minimum atomic E-state index is -3.60. The lowest BCUT2D eigenvalue weighted by Gasteiger charge is -2.31. The van der Waals surface area contributed by atoms with Crippen molar-refractivity contribution in [1.29, 1.82) is 0 Å². The minimum Gasteiger partial charge on any atom is -0.348 e. The average Bonchev–Trinajstić information content (AvgIpc) is 3.18. The molecule has 1 saturated heterocycles. The Bertz CT molecular complexity index is 1120. The number of hydrogen-bond donors (Lipinski definition) is 0. The number of rotatable bonds is 4. The Morgan fingerprint density at radius 3 is 2.48 bits per heavy atom. The quantitative estimate of drug-likeness (QED) is 0.502. The van der Waals surface area contributed by atoms with Crippen molar-refractivity contribution in [3.8, 4) is 11.3 Å². The first kappa shape index (κ1) is 20.3. The van der Waals surface area contributed by atoms with Gasteiger partial charge in [0, 0.05) is 24.0 Å². The highest BCUT2D eigenvalue weighted by molar-refractivity contribution is 7.92. The Hall–Kier alpha value is -1.96. The lowest BCUT2D eigenvalue weighted by atomic mass is 10.1. The molecule has 0 N–H and O–H groups in total. The fourth-order valence-corrected chi connectivity index (χ4v) is 6.67. The van der Waals surface area contributed by atoms with Crippen LogP contribution in [0.15, 0.2) is 52.7 Å². The Morgan fingerprint density at radius 1 is 1.14 bits per heavy atom. The van der Waals surface area contributed by atoms with Crippen LogP contribution in [-0.2, 0) is 9.84 Å². The Labute approximate surface area is 178 Å². The SMILES string of the molecule is Cc1ccc(-c2csc(N3CCC(S(=O)(=O)c4ccc(F)cc4Cl)CC3)n2)cc1. The van der Waals surface area contributed by atoms with Crippen molar-refractivity contribution >= 4 is 37.9 Å². The van der Waals surface area contributed by atoms with Gasteiger partial charge in [-0.2, -0.15) is 0 Å². The number of benzene rings is 2. The second kappa shape index (κ2) is 8.05. The molecule has 8 heteroatoms. The second-order valence-electron chi connectivity index (χ2n) is 7.19. The van der Waals surface area contributed by atoms with E-state index in [2.05, 4.69) is 29.2 Å². The maximum absolute atomic E-state index is 13.3. The van der Waals surface area contributed by atoms with Gasteiger partial charge in [0.15, 0.2) is 15.0 Å². The van der Waals surface area contributed by atoms with Crippen LogP contribution in [0.4, 0.5) is 9.52 Å². The van der Waals surface area contributed by atoms with E-state index in [4.69, 9.17) is 16.6 Å². The van der Waals surface area contributed by atoms with E-state index in [0.29, 0.717) is 25.9 Å². The molecule has 4 nitrogen and oxygen atoms in total. The fraction of sp³-hybridized carbons (Fsp3) is 0.286. The Morgan fingerprint density at radius 2 is 1.83 bits per heavy atom. The standard InChI is InChI=1S/C21H20ClFN2O2S2/c1-14-2-4-15(5-3-14)19-13-28-21(24-19)25-10-8-17(9-11-25)29(26,27)20-7-6-16(23)12-18(20)22/h2-7,12-13,17H,8-11H2,1H3. The van der Waals surface area contributed by atoms with E-state index in [9.17, 15) is 12.8 Å². The summed E-state index contributed by atoms with van der Waals surface area (Å²) in [5, 5.41) is 2.34. The molecule has 1 fully saturated rings. The highest BCUT2D eigenvalue weighted by Crippen LogP contribution is 2.33. The molecule has 152 valence electrons. The molecule has 2 aromatic carbocycles. The van der Waals surface area contributed by atoms with Crippen molar-refractivity contribution in [3.63, 3.8) is 0 Å². The van der Waals surface area contributed by atoms with Gasteiger partial charge >= 0.3 is 0 Å². The summed E-state index contributed by atoms with van der Waals surface area (Å²) in [5.74, 6) is -0.545. The number of hydrogen-bond acceptors (Lipinski definition) is 5. The first-order chi connectivity index (χ1) is 13.8. The summed E-state index contributed by atoms with van der Waals surface area (Å²) in [5.41, 5.74) is 3.20. The molecule has 0 amide bonds. The summed E-state index contributed by atoms with van der Waals surface area (Å²) in [7, 11) is -3.60. The summed E-state index contributed by atoms with van der Waals surface area (Å²) in [6.07, 6.45) is 0.963. The van der Waals surface area contributed by atoms with Crippen molar-refractivity contribution in [2.75, 3.05) is 18.0 Å². The van der Waals surface area contributed by atoms with Gasteiger partial charge in [0.05, 0.1) is 20.9 Å². The summed E-state index contributed by atoms with van der Waals surface area (Å²) >= 11 is 7.56. The van der Waals surface area contributed by atoms with E-state index in [1.807, 2.05) is 12.3 Å². The fourth-order valence-electron chi connectivity index (χ4n) is 3.51. The molecular formula is C21H20ClFN2O2S2. The molecule has 1 aliphatic rings. The van der Waals surface area contributed by atoms with E-state index in [1.54, 1.807) is 11.3 Å². The zero-order chi connectivity index (χ0) is 20.6. The van der Waals surface area contributed by atoms with Crippen LogP contribution in [0.5, 0.6) is 0 Å². The predicted octanol–water partition coefficient (Wildman–Crippen LogP) is 5.35. The van der Waals surface area contributed by atoms with Gasteiger partial charge in [-0.25, -0.2) is 17.8 Å². The van der Waals surface area contributed by atoms with Gasteiger partial charge in [0.2, 0.25) is 0 Å². The number of aryl methyl sites for hydroxylation is 1. The van der Waals surface area contributed by atoms with Gasteiger partial charge in [-0.15, -0.1) is 11.3 Å². The molecule has 0 atom stereocenters. The van der Waals surface area contributed by atoms with Crippen LogP contribution >= 0.6 is 22.9 Å². The van der Waals surface area contributed by atoms with Gasteiger partial charge in [-0.05, 0) is 38.0 Å². The van der Waals surface area contributed by atoms with Crippen LogP contribution < -0.4 is 4.90 Å². The number of halogens is 2. The van der Waals surface area contributed by atoms with Gasteiger partial charge in [-0.1, -0.05) is 41.4 Å². The third kappa shape index (κ3) is 4.17. The first-order valence-corrected chi connectivity index (χ1v) is 12.1. The van der Waals surface area contributed by atoms with Gasteiger partial charge < -0.3 is 4.90 Å². The largest absolute Gasteiger partial charge is 0.348 e. The molecule has 0 radical (unpaired) electrons. The number of thiazole rings is 1. The van der Waals surface area contributed by atoms with Crippen molar-refractivity contribution in [2.24, 2.45) is 0 Å².